The summed E-state index contributed by atoms with van der Waals surface area (Å²) in [4.78, 5) is 39.9. The second-order valence-corrected chi connectivity index (χ2v) is 17.6. The van der Waals surface area contributed by atoms with Gasteiger partial charge >= 0.3 is 13.4 Å². The number of aromatic amines is 1. The number of hydrogen-bond acceptors (Lipinski definition) is 11. The first-order chi connectivity index (χ1) is 27.7. The number of hydrogen-bond donors (Lipinski definition) is 4. The second-order valence-electron chi connectivity index (χ2n) is 14.7. The van der Waals surface area contributed by atoms with E-state index in [1.54, 1.807) is 0 Å². The van der Waals surface area contributed by atoms with Crippen LogP contribution in [0, 0.1) is 5.41 Å². The number of carbonyl (C=O) groups excluding carboxylic acids is 1. The summed E-state index contributed by atoms with van der Waals surface area (Å²) in [6, 6.07) is 39.9. The Balaban J connectivity index is 1.12. The minimum Gasteiger partial charge on any atom is -0.385 e. The van der Waals surface area contributed by atoms with Crippen LogP contribution in [0.25, 0.3) is 0 Å². The lowest BCUT2D eigenvalue weighted by molar-refractivity contribution is -0.124. The Morgan fingerprint density at radius 2 is 1.41 bits per heavy atom. The van der Waals surface area contributed by atoms with Crippen LogP contribution >= 0.6 is 19.5 Å². The minimum atomic E-state index is -4.15. The van der Waals surface area contributed by atoms with Crippen molar-refractivity contribution in [2.75, 3.05) is 25.6 Å². The Kier molecular flexibility index (Phi) is 13.8. The standard InChI is InChI=1S/C43H48N3O10PS/c1-41(2,30-53-43(32-18-10-5-11-19-32,33-20-12-6-13-21-33)34-22-14-7-15-23-34)39(49)58-27-26-54-57(52,44-28-31-16-8-4-9-17-31)55-29-35-42(3,51)37(48)38(56-35)46-25-24-36(47)45-40(46)50/h4-25,35,37-38,48,51H,26-30H2,1-3H3,(H,44,52)(H,45,47,50)/t35-,37?,38-,42+,57?/m1/s1. The van der Waals surface area contributed by atoms with Crippen LogP contribution in [-0.4, -0.2) is 68.3 Å². The first-order valence-electron chi connectivity index (χ1n) is 18.8. The highest BCUT2D eigenvalue weighted by Gasteiger charge is 2.54. The average molecular weight is 830 g/mol. The van der Waals surface area contributed by atoms with Gasteiger partial charge < -0.3 is 19.7 Å². The molecule has 2 heterocycles. The lowest BCUT2D eigenvalue weighted by Crippen LogP contribution is -2.47. The molecule has 13 nitrogen and oxygen atoms in total. The molecule has 4 aromatic carbocycles. The van der Waals surface area contributed by atoms with Crippen molar-refractivity contribution in [3.8, 4) is 0 Å². The summed E-state index contributed by atoms with van der Waals surface area (Å²) >= 11 is 1.02. The number of nitrogens with one attached hydrogen (secondary N) is 2. The number of H-pyrrole nitrogens is 1. The number of ether oxygens (including phenoxy) is 2. The van der Waals surface area contributed by atoms with Crippen molar-refractivity contribution in [3.05, 3.63) is 177 Å². The molecule has 0 amide bonds. The van der Waals surface area contributed by atoms with Crippen molar-refractivity contribution in [2.45, 2.75) is 57.0 Å². The summed E-state index contributed by atoms with van der Waals surface area (Å²) in [7, 11) is -4.15. The fourth-order valence-corrected chi connectivity index (χ4v) is 8.82. The zero-order valence-electron chi connectivity index (χ0n) is 32.4. The Hall–Kier alpha value is -4.47. The fourth-order valence-electron chi connectivity index (χ4n) is 6.59. The van der Waals surface area contributed by atoms with Crippen LogP contribution in [0.15, 0.2) is 143 Å². The fraction of sp³-hybridized carbons (Fsp3) is 0.326. The highest BCUT2D eigenvalue weighted by molar-refractivity contribution is 8.13. The molecule has 0 saturated carbocycles. The van der Waals surface area contributed by atoms with Crippen LogP contribution in [0.3, 0.4) is 0 Å². The third-order valence-corrected chi connectivity index (χ3v) is 12.7. The maximum atomic E-state index is 14.2. The Morgan fingerprint density at radius 3 is 1.95 bits per heavy atom. The lowest BCUT2D eigenvalue weighted by atomic mass is 9.79. The molecule has 306 valence electrons. The van der Waals surface area contributed by atoms with E-state index in [2.05, 4.69) is 10.1 Å². The Bertz CT molecular complexity index is 2180. The molecule has 6 rings (SSSR count). The van der Waals surface area contributed by atoms with E-state index in [4.69, 9.17) is 18.5 Å². The number of carbonyl (C=O) groups is 1. The average Bonchev–Trinajstić information content (AvgIpc) is 3.46. The van der Waals surface area contributed by atoms with E-state index in [1.165, 1.54) is 6.92 Å². The predicted octanol–water partition coefficient (Wildman–Crippen LogP) is 5.77. The molecule has 1 aliphatic heterocycles. The number of thioether (sulfide) groups is 1. The number of aliphatic hydroxyl groups excluding tert-OH is 1. The summed E-state index contributed by atoms with van der Waals surface area (Å²) in [5, 5.41) is 24.8. The topological polar surface area (TPSA) is 178 Å². The molecule has 0 radical (unpaired) electrons. The smallest absolute Gasteiger partial charge is 0.385 e. The molecule has 58 heavy (non-hydrogen) atoms. The van der Waals surface area contributed by atoms with Gasteiger partial charge in [-0.15, -0.1) is 0 Å². The highest BCUT2D eigenvalue weighted by atomic mass is 32.2. The SMILES string of the molecule is CC(C)(COC(c1ccccc1)(c1ccccc1)c1ccccc1)C(=O)SCCOP(=O)(NCc1ccccc1)OC[C@H]1O[C@@H](n2ccc(=O)[nH]c2=O)C(O)[C@@]1(C)O. The molecular formula is C43H48N3O10PS. The molecule has 1 aromatic heterocycles. The molecule has 5 atom stereocenters. The zero-order chi connectivity index (χ0) is 41.4. The van der Waals surface area contributed by atoms with E-state index >= 15 is 0 Å². The van der Waals surface area contributed by atoms with Crippen LogP contribution < -0.4 is 16.3 Å². The summed E-state index contributed by atoms with van der Waals surface area (Å²) in [5.41, 5.74) is -1.90. The number of rotatable bonds is 18. The van der Waals surface area contributed by atoms with Crippen molar-refractivity contribution < 1.29 is 38.1 Å². The molecule has 0 aliphatic carbocycles. The second kappa shape index (κ2) is 18.6. The van der Waals surface area contributed by atoms with E-state index in [9.17, 15) is 29.2 Å². The normalized spacial score (nSPS) is 20.7. The summed E-state index contributed by atoms with van der Waals surface area (Å²) in [5.74, 6) is 0.122. The van der Waals surface area contributed by atoms with Gasteiger partial charge in [0.25, 0.3) is 5.56 Å². The first kappa shape index (κ1) is 43.1. The number of aromatic nitrogens is 2. The molecule has 1 fully saturated rings. The van der Waals surface area contributed by atoms with Crippen LogP contribution in [0.1, 0.15) is 49.3 Å². The van der Waals surface area contributed by atoms with E-state index in [-0.39, 0.29) is 30.6 Å². The van der Waals surface area contributed by atoms with Crippen molar-refractivity contribution in [3.63, 3.8) is 0 Å². The van der Waals surface area contributed by atoms with E-state index in [0.717, 1.165) is 50.8 Å². The molecule has 5 aromatic rings. The van der Waals surface area contributed by atoms with E-state index in [0.29, 0.717) is 0 Å². The van der Waals surface area contributed by atoms with Gasteiger partial charge in [0.15, 0.2) is 11.3 Å². The van der Waals surface area contributed by atoms with E-state index in [1.807, 2.05) is 135 Å². The molecule has 15 heteroatoms. The van der Waals surface area contributed by atoms with Crippen molar-refractivity contribution in [1.29, 1.82) is 0 Å². The van der Waals surface area contributed by atoms with Crippen LogP contribution in [0.4, 0.5) is 0 Å². The maximum Gasteiger partial charge on any atom is 0.405 e. The van der Waals surface area contributed by atoms with Gasteiger partial charge in [0.05, 0.1) is 25.2 Å². The zero-order valence-corrected chi connectivity index (χ0v) is 34.1. The number of benzene rings is 4. The van der Waals surface area contributed by atoms with Crippen molar-refractivity contribution in [2.24, 2.45) is 5.41 Å². The van der Waals surface area contributed by atoms with Crippen molar-refractivity contribution in [1.82, 2.24) is 14.6 Å². The van der Waals surface area contributed by atoms with Gasteiger partial charge in [-0.25, -0.2) is 14.4 Å². The summed E-state index contributed by atoms with van der Waals surface area (Å²) < 4.78 is 39.5. The first-order valence-corrected chi connectivity index (χ1v) is 21.3. The highest BCUT2D eigenvalue weighted by Crippen LogP contribution is 2.47. The van der Waals surface area contributed by atoms with Crippen LogP contribution in [-0.2, 0) is 40.0 Å². The third-order valence-electron chi connectivity index (χ3n) is 9.99. The molecule has 2 unspecified atom stereocenters. The Morgan fingerprint density at radius 1 is 0.879 bits per heavy atom. The molecule has 4 N–H and O–H groups in total. The summed E-state index contributed by atoms with van der Waals surface area (Å²) in [6.07, 6.45) is -3.12. The quantitative estimate of drug-likeness (QED) is 0.0477. The molecule has 0 bridgehead atoms. The lowest BCUT2D eigenvalue weighted by Gasteiger charge is -2.38. The molecule has 0 spiro atoms. The third kappa shape index (κ3) is 9.86. The van der Waals surface area contributed by atoms with Gasteiger partial charge in [-0.1, -0.05) is 133 Å². The molecule has 1 saturated heterocycles. The van der Waals surface area contributed by atoms with Crippen LogP contribution in [0.2, 0.25) is 0 Å². The van der Waals surface area contributed by atoms with Gasteiger partial charge in [-0.2, -0.15) is 0 Å². The number of aliphatic hydroxyl groups is 2. The Labute approximate surface area is 340 Å². The van der Waals surface area contributed by atoms with Gasteiger partial charge in [0.2, 0.25) is 0 Å². The minimum absolute atomic E-state index is 0.0674. The van der Waals surface area contributed by atoms with Crippen molar-refractivity contribution >= 4 is 24.6 Å². The summed E-state index contributed by atoms with van der Waals surface area (Å²) in [6.45, 7) is 4.43. The van der Waals surface area contributed by atoms with Crippen LogP contribution in [0.5, 0.6) is 0 Å². The van der Waals surface area contributed by atoms with Gasteiger partial charge in [-0.05, 0) is 43.0 Å². The maximum absolute atomic E-state index is 14.2. The van der Waals surface area contributed by atoms with Gasteiger partial charge in [0.1, 0.15) is 23.4 Å². The monoisotopic (exact) mass is 829 g/mol. The number of nitrogens with zero attached hydrogens (tertiary/aromatic N) is 1. The van der Waals surface area contributed by atoms with Gasteiger partial charge in [-0.3, -0.25) is 28.2 Å². The van der Waals surface area contributed by atoms with E-state index < -0.39 is 60.7 Å². The predicted molar refractivity (Wildman–Crippen MR) is 221 cm³/mol. The van der Waals surface area contributed by atoms with Gasteiger partial charge in [0, 0.05) is 24.6 Å². The molecule has 1 aliphatic rings. The largest absolute Gasteiger partial charge is 0.405 e. The molecular weight excluding hydrogens is 782 g/mol.